The molecule has 2 aromatic rings. The maximum atomic E-state index is 11.9. The van der Waals surface area contributed by atoms with Crippen molar-refractivity contribution in [3.05, 3.63) is 65.2 Å². The molecule has 0 bridgehead atoms. The SMILES string of the molecule is N#Cc1ccc([C@@H]2NC(=O)c3ccccc3O2)cc1. The van der Waals surface area contributed by atoms with Gasteiger partial charge in [-0.15, -0.1) is 0 Å². The van der Waals surface area contributed by atoms with Gasteiger partial charge in [0.1, 0.15) is 5.75 Å². The summed E-state index contributed by atoms with van der Waals surface area (Å²) in [5.74, 6) is 0.414. The molecule has 0 fully saturated rings. The Labute approximate surface area is 110 Å². The minimum atomic E-state index is -0.518. The zero-order valence-corrected chi connectivity index (χ0v) is 9.96. The molecule has 92 valence electrons. The number of nitrogens with one attached hydrogen (secondary N) is 1. The number of fused-ring (bicyclic) bond motifs is 1. The van der Waals surface area contributed by atoms with E-state index in [1.54, 1.807) is 42.5 Å². The van der Waals surface area contributed by atoms with Crippen molar-refractivity contribution in [2.24, 2.45) is 0 Å². The lowest BCUT2D eigenvalue weighted by Gasteiger charge is -2.26. The smallest absolute Gasteiger partial charge is 0.258 e. The third-order valence-electron chi connectivity index (χ3n) is 2.98. The number of carbonyl (C=O) groups excluding carboxylic acids is 1. The standard InChI is InChI=1S/C15H10N2O2/c16-9-10-5-7-11(8-6-10)15-17-14(18)12-3-1-2-4-13(12)19-15/h1-8,15H,(H,17,18)/t15-/m1/s1. The molecule has 0 radical (unpaired) electrons. The highest BCUT2D eigenvalue weighted by molar-refractivity contribution is 5.97. The average Bonchev–Trinajstić information content (AvgIpc) is 2.47. The molecule has 0 unspecified atom stereocenters. The summed E-state index contributed by atoms with van der Waals surface area (Å²) in [5, 5.41) is 11.5. The van der Waals surface area contributed by atoms with Crippen LogP contribution in [0.25, 0.3) is 0 Å². The predicted molar refractivity (Wildman–Crippen MR) is 68.4 cm³/mol. The second kappa shape index (κ2) is 4.46. The van der Waals surface area contributed by atoms with Crippen LogP contribution in [0.5, 0.6) is 5.75 Å². The Morgan fingerprint density at radius 1 is 1.11 bits per heavy atom. The molecule has 1 amide bonds. The Hall–Kier alpha value is -2.80. The van der Waals surface area contributed by atoms with Crippen molar-refractivity contribution < 1.29 is 9.53 Å². The number of benzene rings is 2. The van der Waals surface area contributed by atoms with E-state index in [0.29, 0.717) is 16.9 Å². The molecule has 0 saturated carbocycles. The fourth-order valence-electron chi connectivity index (χ4n) is 1.99. The van der Waals surface area contributed by atoms with Gasteiger partial charge in [-0.05, 0) is 24.3 Å². The molecule has 0 aliphatic carbocycles. The molecule has 19 heavy (non-hydrogen) atoms. The van der Waals surface area contributed by atoms with Crippen LogP contribution in [0.1, 0.15) is 27.7 Å². The number of hydrogen-bond acceptors (Lipinski definition) is 3. The molecular weight excluding hydrogens is 240 g/mol. The minimum absolute atomic E-state index is 0.156. The van der Waals surface area contributed by atoms with Crippen LogP contribution in [0, 0.1) is 11.3 Å². The van der Waals surface area contributed by atoms with Crippen molar-refractivity contribution in [2.75, 3.05) is 0 Å². The summed E-state index contributed by atoms with van der Waals surface area (Å²) in [6.45, 7) is 0. The Kier molecular flexibility index (Phi) is 2.66. The first-order valence-electron chi connectivity index (χ1n) is 5.84. The van der Waals surface area contributed by atoms with Gasteiger partial charge in [0.2, 0.25) is 0 Å². The number of rotatable bonds is 1. The molecule has 1 aliphatic rings. The molecule has 0 aromatic heterocycles. The molecular formula is C15H10N2O2. The zero-order valence-electron chi connectivity index (χ0n) is 9.96. The number of carbonyl (C=O) groups is 1. The highest BCUT2D eigenvalue weighted by atomic mass is 16.5. The summed E-state index contributed by atoms with van der Waals surface area (Å²) in [4.78, 5) is 11.9. The first-order chi connectivity index (χ1) is 9.28. The van der Waals surface area contributed by atoms with Gasteiger partial charge in [0.25, 0.3) is 5.91 Å². The quantitative estimate of drug-likeness (QED) is 0.845. The summed E-state index contributed by atoms with van der Waals surface area (Å²) in [7, 11) is 0. The zero-order chi connectivity index (χ0) is 13.2. The van der Waals surface area contributed by atoms with Crippen LogP contribution >= 0.6 is 0 Å². The Balaban J connectivity index is 1.92. The van der Waals surface area contributed by atoms with E-state index in [0.717, 1.165) is 5.56 Å². The first-order valence-corrected chi connectivity index (χ1v) is 5.84. The summed E-state index contributed by atoms with van der Waals surface area (Å²) < 4.78 is 5.75. The predicted octanol–water partition coefficient (Wildman–Crippen LogP) is 2.38. The van der Waals surface area contributed by atoms with Gasteiger partial charge in [0.15, 0.2) is 6.23 Å². The normalized spacial score (nSPS) is 16.8. The van der Waals surface area contributed by atoms with Crippen LogP contribution in [-0.4, -0.2) is 5.91 Å². The molecule has 2 aromatic carbocycles. The van der Waals surface area contributed by atoms with Crippen molar-refractivity contribution in [3.63, 3.8) is 0 Å². The molecule has 4 heteroatoms. The van der Waals surface area contributed by atoms with Crippen LogP contribution < -0.4 is 10.1 Å². The fourth-order valence-corrected chi connectivity index (χ4v) is 1.99. The summed E-state index contributed by atoms with van der Waals surface area (Å²) in [5.41, 5.74) is 1.92. The van der Waals surface area contributed by atoms with E-state index in [9.17, 15) is 4.79 Å². The fraction of sp³-hybridized carbons (Fsp3) is 0.0667. The lowest BCUT2D eigenvalue weighted by molar-refractivity contribution is 0.0756. The van der Waals surface area contributed by atoms with E-state index >= 15 is 0 Å². The van der Waals surface area contributed by atoms with E-state index in [4.69, 9.17) is 10.00 Å². The van der Waals surface area contributed by atoms with Crippen molar-refractivity contribution in [2.45, 2.75) is 6.23 Å². The monoisotopic (exact) mass is 250 g/mol. The van der Waals surface area contributed by atoms with Gasteiger partial charge in [-0.2, -0.15) is 5.26 Å². The summed E-state index contributed by atoms with van der Waals surface area (Å²) >= 11 is 0. The van der Waals surface area contributed by atoms with Crippen LogP contribution in [0.15, 0.2) is 48.5 Å². The maximum Gasteiger partial charge on any atom is 0.258 e. The van der Waals surface area contributed by atoms with Crippen LogP contribution in [-0.2, 0) is 0 Å². The second-order valence-corrected chi connectivity index (χ2v) is 4.20. The van der Waals surface area contributed by atoms with Gasteiger partial charge in [-0.3, -0.25) is 4.79 Å². The topological polar surface area (TPSA) is 62.1 Å². The largest absolute Gasteiger partial charge is 0.466 e. The summed E-state index contributed by atoms with van der Waals surface area (Å²) in [6, 6.07) is 16.1. The Bertz CT molecular complexity index is 671. The third kappa shape index (κ3) is 2.02. The molecule has 0 spiro atoms. The number of hydrogen-bond donors (Lipinski definition) is 1. The molecule has 0 saturated heterocycles. The maximum absolute atomic E-state index is 11.9. The van der Waals surface area contributed by atoms with Crippen LogP contribution in [0.4, 0.5) is 0 Å². The molecule has 1 aliphatic heterocycles. The van der Waals surface area contributed by atoms with Crippen LogP contribution in [0.2, 0.25) is 0 Å². The van der Waals surface area contributed by atoms with Crippen molar-refractivity contribution in [3.8, 4) is 11.8 Å². The number of amides is 1. The highest BCUT2D eigenvalue weighted by Gasteiger charge is 2.25. The van der Waals surface area contributed by atoms with Gasteiger partial charge in [0, 0.05) is 5.56 Å². The van der Waals surface area contributed by atoms with E-state index < -0.39 is 6.23 Å². The highest BCUT2D eigenvalue weighted by Crippen LogP contribution is 2.28. The number of nitriles is 1. The molecule has 1 heterocycles. The minimum Gasteiger partial charge on any atom is -0.466 e. The lowest BCUT2D eigenvalue weighted by Crippen LogP contribution is -2.36. The van der Waals surface area contributed by atoms with E-state index in [-0.39, 0.29) is 5.91 Å². The molecule has 4 nitrogen and oxygen atoms in total. The number of nitrogens with zero attached hydrogens (tertiary/aromatic N) is 1. The number of para-hydroxylation sites is 1. The van der Waals surface area contributed by atoms with Crippen molar-refractivity contribution in [1.82, 2.24) is 5.32 Å². The molecule has 3 rings (SSSR count). The van der Waals surface area contributed by atoms with E-state index in [1.165, 1.54) is 0 Å². The average molecular weight is 250 g/mol. The van der Waals surface area contributed by atoms with Gasteiger partial charge in [-0.1, -0.05) is 24.3 Å². The van der Waals surface area contributed by atoms with Gasteiger partial charge >= 0.3 is 0 Å². The van der Waals surface area contributed by atoms with Crippen molar-refractivity contribution >= 4 is 5.91 Å². The van der Waals surface area contributed by atoms with Gasteiger partial charge < -0.3 is 10.1 Å². The Morgan fingerprint density at radius 3 is 2.58 bits per heavy atom. The van der Waals surface area contributed by atoms with Gasteiger partial charge in [0.05, 0.1) is 17.2 Å². The van der Waals surface area contributed by atoms with Gasteiger partial charge in [-0.25, -0.2) is 0 Å². The second-order valence-electron chi connectivity index (χ2n) is 4.20. The summed E-state index contributed by atoms with van der Waals surface area (Å²) in [6.07, 6.45) is -0.518. The Morgan fingerprint density at radius 2 is 1.84 bits per heavy atom. The van der Waals surface area contributed by atoms with Crippen LogP contribution in [0.3, 0.4) is 0 Å². The first kappa shape index (κ1) is 11.3. The molecule has 1 N–H and O–H groups in total. The van der Waals surface area contributed by atoms with E-state index in [2.05, 4.69) is 11.4 Å². The molecule has 1 atom stereocenters. The number of ether oxygens (including phenoxy) is 1. The lowest BCUT2D eigenvalue weighted by atomic mass is 10.1. The van der Waals surface area contributed by atoms with E-state index in [1.807, 2.05) is 6.07 Å². The van der Waals surface area contributed by atoms with Crippen molar-refractivity contribution in [1.29, 1.82) is 5.26 Å². The third-order valence-corrected chi connectivity index (χ3v) is 2.98.